The molecule has 2 nitrogen and oxygen atoms in total. The SMILES string of the molecule is CN(C1CCCC1)C(CNC(C)(C)C)c1ccccc1. The quantitative estimate of drug-likeness (QED) is 0.873. The van der Waals surface area contributed by atoms with Gasteiger partial charge in [-0.1, -0.05) is 43.2 Å². The monoisotopic (exact) mass is 274 g/mol. The molecule has 1 saturated carbocycles. The van der Waals surface area contributed by atoms with Crippen molar-refractivity contribution in [3.8, 4) is 0 Å². The first kappa shape index (κ1) is 15.5. The summed E-state index contributed by atoms with van der Waals surface area (Å²) in [6.45, 7) is 7.74. The number of hydrogen-bond donors (Lipinski definition) is 1. The second-order valence-corrected chi connectivity index (χ2v) is 7.16. The number of benzene rings is 1. The fraction of sp³-hybridized carbons (Fsp3) is 0.667. The second kappa shape index (κ2) is 6.73. The largest absolute Gasteiger partial charge is 0.310 e. The lowest BCUT2D eigenvalue weighted by Gasteiger charge is -2.35. The van der Waals surface area contributed by atoms with Crippen molar-refractivity contribution in [1.29, 1.82) is 0 Å². The Kier molecular flexibility index (Phi) is 5.22. The number of likely N-dealkylation sites (N-methyl/N-ethyl adjacent to an activating group) is 1. The van der Waals surface area contributed by atoms with E-state index < -0.39 is 0 Å². The van der Waals surface area contributed by atoms with Gasteiger partial charge < -0.3 is 5.32 Å². The topological polar surface area (TPSA) is 15.3 Å². The third kappa shape index (κ3) is 4.32. The van der Waals surface area contributed by atoms with Gasteiger partial charge in [-0.15, -0.1) is 0 Å². The van der Waals surface area contributed by atoms with Gasteiger partial charge in [0.1, 0.15) is 0 Å². The van der Waals surface area contributed by atoms with Gasteiger partial charge in [0.15, 0.2) is 0 Å². The maximum Gasteiger partial charge on any atom is 0.0472 e. The summed E-state index contributed by atoms with van der Waals surface area (Å²) in [6, 6.07) is 12.2. The van der Waals surface area contributed by atoms with Crippen LogP contribution in [0.5, 0.6) is 0 Å². The summed E-state index contributed by atoms with van der Waals surface area (Å²) in [6.07, 6.45) is 5.50. The van der Waals surface area contributed by atoms with Crippen molar-refractivity contribution >= 4 is 0 Å². The van der Waals surface area contributed by atoms with E-state index in [-0.39, 0.29) is 5.54 Å². The minimum absolute atomic E-state index is 0.170. The second-order valence-electron chi connectivity index (χ2n) is 7.16. The van der Waals surface area contributed by atoms with Crippen LogP contribution in [0.15, 0.2) is 30.3 Å². The molecule has 1 fully saturated rings. The van der Waals surface area contributed by atoms with Gasteiger partial charge in [0.05, 0.1) is 0 Å². The lowest BCUT2D eigenvalue weighted by atomic mass is 10.0. The van der Waals surface area contributed by atoms with E-state index in [0.717, 1.165) is 12.6 Å². The van der Waals surface area contributed by atoms with E-state index in [1.807, 2.05) is 0 Å². The Morgan fingerprint density at radius 1 is 1.15 bits per heavy atom. The molecule has 0 aromatic heterocycles. The summed E-state index contributed by atoms with van der Waals surface area (Å²) in [5.74, 6) is 0. The summed E-state index contributed by atoms with van der Waals surface area (Å²) in [7, 11) is 2.30. The first-order chi connectivity index (χ1) is 9.47. The lowest BCUT2D eigenvalue weighted by Crippen LogP contribution is -2.44. The Morgan fingerprint density at radius 3 is 2.30 bits per heavy atom. The van der Waals surface area contributed by atoms with E-state index in [4.69, 9.17) is 0 Å². The zero-order valence-corrected chi connectivity index (χ0v) is 13.5. The zero-order chi connectivity index (χ0) is 14.6. The summed E-state index contributed by atoms with van der Waals surface area (Å²) in [4.78, 5) is 2.60. The maximum absolute atomic E-state index is 3.68. The average Bonchev–Trinajstić information content (AvgIpc) is 2.92. The van der Waals surface area contributed by atoms with Crippen molar-refractivity contribution in [1.82, 2.24) is 10.2 Å². The van der Waals surface area contributed by atoms with Crippen LogP contribution >= 0.6 is 0 Å². The van der Waals surface area contributed by atoms with Crippen molar-refractivity contribution in [3.05, 3.63) is 35.9 Å². The van der Waals surface area contributed by atoms with Gasteiger partial charge in [0, 0.05) is 24.2 Å². The fourth-order valence-corrected chi connectivity index (χ4v) is 3.14. The third-order valence-electron chi connectivity index (χ3n) is 4.40. The van der Waals surface area contributed by atoms with Crippen LogP contribution in [0, 0.1) is 0 Å². The normalized spacial score (nSPS) is 18.6. The van der Waals surface area contributed by atoms with E-state index in [1.165, 1.54) is 31.2 Å². The Hall–Kier alpha value is -0.860. The standard InChI is InChI=1S/C18H30N2/c1-18(2,3)19-14-17(15-10-6-5-7-11-15)20(4)16-12-8-9-13-16/h5-7,10-11,16-17,19H,8-9,12-14H2,1-4H3. The molecule has 0 spiro atoms. The molecule has 1 aliphatic carbocycles. The molecular formula is C18H30N2. The highest BCUT2D eigenvalue weighted by Crippen LogP contribution is 2.29. The summed E-state index contributed by atoms with van der Waals surface area (Å²) >= 11 is 0. The van der Waals surface area contributed by atoms with Crippen molar-refractivity contribution < 1.29 is 0 Å². The van der Waals surface area contributed by atoms with Gasteiger partial charge in [-0.3, -0.25) is 4.90 Å². The van der Waals surface area contributed by atoms with Crippen molar-refractivity contribution in [2.24, 2.45) is 0 Å². The van der Waals surface area contributed by atoms with Gasteiger partial charge in [0.25, 0.3) is 0 Å². The van der Waals surface area contributed by atoms with E-state index in [9.17, 15) is 0 Å². The van der Waals surface area contributed by atoms with Crippen LogP contribution in [0.25, 0.3) is 0 Å². The number of nitrogens with one attached hydrogen (secondary N) is 1. The highest BCUT2D eigenvalue weighted by Gasteiger charge is 2.27. The van der Waals surface area contributed by atoms with E-state index in [2.05, 4.69) is 68.4 Å². The molecule has 1 aromatic rings. The smallest absolute Gasteiger partial charge is 0.0472 e. The van der Waals surface area contributed by atoms with Gasteiger partial charge >= 0.3 is 0 Å². The molecule has 1 unspecified atom stereocenters. The van der Waals surface area contributed by atoms with Crippen LogP contribution in [0.2, 0.25) is 0 Å². The van der Waals surface area contributed by atoms with Crippen molar-refractivity contribution in [2.45, 2.75) is 64.1 Å². The molecule has 1 atom stereocenters. The number of rotatable bonds is 5. The van der Waals surface area contributed by atoms with E-state index in [1.54, 1.807) is 0 Å². The molecule has 0 aliphatic heterocycles. The van der Waals surface area contributed by atoms with Crippen molar-refractivity contribution in [2.75, 3.05) is 13.6 Å². The molecule has 112 valence electrons. The first-order valence-corrected chi connectivity index (χ1v) is 7.99. The first-order valence-electron chi connectivity index (χ1n) is 7.99. The van der Waals surface area contributed by atoms with E-state index >= 15 is 0 Å². The summed E-state index contributed by atoms with van der Waals surface area (Å²) < 4.78 is 0. The predicted octanol–water partition coefficient (Wildman–Crippen LogP) is 3.99. The molecule has 2 heteroatoms. The summed E-state index contributed by atoms with van der Waals surface area (Å²) in [5, 5.41) is 3.68. The molecule has 1 N–H and O–H groups in total. The zero-order valence-electron chi connectivity index (χ0n) is 13.5. The van der Waals surface area contributed by atoms with Crippen LogP contribution in [0.3, 0.4) is 0 Å². The number of nitrogens with zero attached hydrogens (tertiary/aromatic N) is 1. The van der Waals surface area contributed by atoms with Crippen LogP contribution in [0.1, 0.15) is 58.1 Å². The average molecular weight is 274 g/mol. The molecule has 1 aromatic carbocycles. The molecule has 1 aliphatic rings. The van der Waals surface area contributed by atoms with Crippen LogP contribution in [-0.4, -0.2) is 30.1 Å². The maximum atomic E-state index is 3.68. The van der Waals surface area contributed by atoms with Crippen molar-refractivity contribution in [3.63, 3.8) is 0 Å². The lowest BCUT2D eigenvalue weighted by molar-refractivity contribution is 0.164. The molecule has 0 saturated heterocycles. The molecule has 20 heavy (non-hydrogen) atoms. The highest BCUT2D eigenvalue weighted by molar-refractivity contribution is 5.19. The van der Waals surface area contributed by atoms with Crippen LogP contribution in [0.4, 0.5) is 0 Å². The summed E-state index contributed by atoms with van der Waals surface area (Å²) in [5.41, 5.74) is 1.60. The molecule has 0 bridgehead atoms. The Bertz CT molecular complexity index is 388. The highest BCUT2D eigenvalue weighted by atomic mass is 15.2. The Balaban J connectivity index is 2.10. The van der Waals surface area contributed by atoms with Crippen LogP contribution < -0.4 is 5.32 Å². The van der Waals surface area contributed by atoms with Gasteiger partial charge in [0.2, 0.25) is 0 Å². The fourth-order valence-electron chi connectivity index (χ4n) is 3.14. The van der Waals surface area contributed by atoms with Gasteiger partial charge in [-0.25, -0.2) is 0 Å². The third-order valence-corrected chi connectivity index (χ3v) is 4.40. The Labute approximate surface area is 124 Å². The molecule has 2 rings (SSSR count). The van der Waals surface area contributed by atoms with Gasteiger partial charge in [-0.05, 0) is 46.2 Å². The minimum atomic E-state index is 0.170. The predicted molar refractivity (Wildman–Crippen MR) is 87.0 cm³/mol. The van der Waals surface area contributed by atoms with Gasteiger partial charge in [-0.2, -0.15) is 0 Å². The Morgan fingerprint density at radius 2 is 1.75 bits per heavy atom. The minimum Gasteiger partial charge on any atom is -0.310 e. The molecular weight excluding hydrogens is 244 g/mol. The number of hydrogen-bond acceptors (Lipinski definition) is 2. The molecule has 0 amide bonds. The van der Waals surface area contributed by atoms with Crippen LogP contribution in [-0.2, 0) is 0 Å². The molecule has 0 radical (unpaired) electrons. The molecule has 0 heterocycles. The van der Waals surface area contributed by atoms with E-state index in [0.29, 0.717) is 6.04 Å².